The highest BCUT2D eigenvalue weighted by molar-refractivity contribution is 5.90. The SMILES string of the molecule is CCN(C)CCNC(=O)c1noc(C2CCCN2)n1. The number of hydrogen-bond donors (Lipinski definition) is 2. The fraction of sp³-hybridized carbons (Fsp3) is 0.750. The molecule has 19 heavy (non-hydrogen) atoms. The molecular weight excluding hydrogens is 246 g/mol. The van der Waals surface area contributed by atoms with Crippen LogP contribution in [0.25, 0.3) is 0 Å². The smallest absolute Gasteiger partial charge is 0.292 e. The fourth-order valence-corrected chi connectivity index (χ4v) is 1.96. The highest BCUT2D eigenvalue weighted by Gasteiger charge is 2.24. The first-order valence-corrected chi connectivity index (χ1v) is 6.74. The maximum absolute atomic E-state index is 11.8. The van der Waals surface area contributed by atoms with E-state index >= 15 is 0 Å². The molecule has 1 aliphatic rings. The van der Waals surface area contributed by atoms with Crippen LogP contribution in [-0.4, -0.2) is 54.2 Å². The molecule has 1 fully saturated rings. The van der Waals surface area contributed by atoms with Crippen LogP contribution in [-0.2, 0) is 0 Å². The van der Waals surface area contributed by atoms with E-state index in [0.29, 0.717) is 12.4 Å². The Morgan fingerprint density at radius 3 is 3.16 bits per heavy atom. The predicted octanol–water partition coefficient (Wildman–Crippen LogP) is 0.176. The van der Waals surface area contributed by atoms with E-state index in [9.17, 15) is 4.79 Å². The number of rotatable bonds is 6. The van der Waals surface area contributed by atoms with Crippen molar-refractivity contribution in [2.75, 3.05) is 33.2 Å². The number of hydrogen-bond acceptors (Lipinski definition) is 6. The molecule has 2 N–H and O–H groups in total. The molecule has 0 radical (unpaired) electrons. The largest absolute Gasteiger partial charge is 0.348 e. The van der Waals surface area contributed by atoms with Crippen molar-refractivity contribution >= 4 is 5.91 Å². The molecule has 0 saturated carbocycles. The summed E-state index contributed by atoms with van der Waals surface area (Å²) >= 11 is 0. The van der Waals surface area contributed by atoms with Gasteiger partial charge in [0.1, 0.15) is 0 Å². The van der Waals surface area contributed by atoms with Gasteiger partial charge in [0.25, 0.3) is 11.7 Å². The summed E-state index contributed by atoms with van der Waals surface area (Å²) in [4.78, 5) is 18.1. The van der Waals surface area contributed by atoms with Crippen molar-refractivity contribution in [3.05, 3.63) is 11.7 Å². The Hall–Kier alpha value is -1.47. The maximum atomic E-state index is 11.8. The third-order valence-electron chi connectivity index (χ3n) is 3.32. The van der Waals surface area contributed by atoms with Gasteiger partial charge in [0, 0.05) is 13.1 Å². The fourth-order valence-electron chi connectivity index (χ4n) is 1.96. The van der Waals surface area contributed by atoms with E-state index in [-0.39, 0.29) is 17.8 Å². The highest BCUT2D eigenvalue weighted by Crippen LogP contribution is 2.20. The monoisotopic (exact) mass is 267 g/mol. The van der Waals surface area contributed by atoms with Gasteiger partial charge in [0.05, 0.1) is 6.04 Å². The third kappa shape index (κ3) is 3.74. The Morgan fingerprint density at radius 1 is 1.63 bits per heavy atom. The van der Waals surface area contributed by atoms with Crippen molar-refractivity contribution in [1.29, 1.82) is 0 Å². The zero-order valence-corrected chi connectivity index (χ0v) is 11.5. The molecule has 0 spiro atoms. The standard InChI is InChI=1S/C12H21N5O2/c1-3-17(2)8-7-14-11(18)10-15-12(19-16-10)9-5-4-6-13-9/h9,13H,3-8H2,1-2H3,(H,14,18). The minimum Gasteiger partial charge on any atom is -0.348 e. The molecule has 0 aromatic carbocycles. The van der Waals surface area contributed by atoms with Crippen LogP contribution in [0, 0.1) is 0 Å². The maximum Gasteiger partial charge on any atom is 0.292 e. The molecule has 106 valence electrons. The molecular formula is C12H21N5O2. The van der Waals surface area contributed by atoms with Crippen molar-refractivity contribution in [2.45, 2.75) is 25.8 Å². The van der Waals surface area contributed by atoms with Gasteiger partial charge in [-0.3, -0.25) is 4.79 Å². The van der Waals surface area contributed by atoms with Crippen LogP contribution >= 0.6 is 0 Å². The number of aromatic nitrogens is 2. The van der Waals surface area contributed by atoms with Crippen LogP contribution in [0.5, 0.6) is 0 Å². The summed E-state index contributed by atoms with van der Waals surface area (Å²) in [6, 6.07) is 0.0975. The lowest BCUT2D eigenvalue weighted by Gasteiger charge is -2.13. The van der Waals surface area contributed by atoms with Crippen LogP contribution in [0.3, 0.4) is 0 Å². The average molecular weight is 267 g/mol. The van der Waals surface area contributed by atoms with E-state index in [1.54, 1.807) is 0 Å². The van der Waals surface area contributed by atoms with E-state index < -0.39 is 0 Å². The van der Waals surface area contributed by atoms with Crippen molar-refractivity contribution in [3.63, 3.8) is 0 Å². The van der Waals surface area contributed by atoms with Gasteiger partial charge in [-0.15, -0.1) is 0 Å². The first-order valence-electron chi connectivity index (χ1n) is 6.74. The van der Waals surface area contributed by atoms with E-state index in [1.807, 2.05) is 7.05 Å². The van der Waals surface area contributed by atoms with E-state index in [0.717, 1.165) is 32.5 Å². The average Bonchev–Trinajstić information content (AvgIpc) is 3.08. The zero-order valence-electron chi connectivity index (χ0n) is 11.5. The number of amides is 1. The summed E-state index contributed by atoms with van der Waals surface area (Å²) in [7, 11) is 2.00. The second-order valence-corrected chi connectivity index (χ2v) is 4.76. The summed E-state index contributed by atoms with van der Waals surface area (Å²) in [5.41, 5.74) is 0. The molecule has 7 nitrogen and oxygen atoms in total. The number of carbonyl (C=O) groups is 1. The van der Waals surface area contributed by atoms with Crippen LogP contribution in [0.2, 0.25) is 0 Å². The van der Waals surface area contributed by atoms with Gasteiger partial charge >= 0.3 is 0 Å². The van der Waals surface area contributed by atoms with Crippen LogP contribution < -0.4 is 10.6 Å². The zero-order chi connectivity index (χ0) is 13.7. The van der Waals surface area contributed by atoms with Gasteiger partial charge < -0.3 is 20.1 Å². The number of likely N-dealkylation sites (N-methyl/N-ethyl adjacent to an activating group) is 1. The summed E-state index contributed by atoms with van der Waals surface area (Å²) in [5.74, 6) is 0.341. The molecule has 1 aliphatic heterocycles. The van der Waals surface area contributed by atoms with Gasteiger partial charge in [0.15, 0.2) is 0 Å². The topological polar surface area (TPSA) is 83.3 Å². The van der Waals surface area contributed by atoms with Crippen molar-refractivity contribution in [2.24, 2.45) is 0 Å². The first-order chi connectivity index (χ1) is 9.20. The molecule has 0 aliphatic carbocycles. The number of nitrogens with zero attached hydrogens (tertiary/aromatic N) is 3. The minimum atomic E-state index is -0.280. The van der Waals surface area contributed by atoms with Gasteiger partial charge in [-0.25, -0.2) is 0 Å². The highest BCUT2D eigenvalue weighted by atomic mass is 16.5. The molecule has 7 heteroatoms. The van der Waals surface area contributed by atoms with E-state index in [2.05, 4.69) is 32.6 Å². The van der Waals surface area contributed by atoms with Gasteiger partial charge in [-0.2, -0.15) is 4.98 Å². The predicted molar refractivity (Wildman–Crippen MR) is 69.8 cm³/mol. The van der Waals surface area contributed by atoms with Gasteiger partial charge in [-0.1, -0.05) is 12.1 Å². The second-order valence-electron chi connectivity index (χ2n) is 4.76. The van der Waals surface area contributed by atoms with E-state index in [4.69, 9.17) is 4.52 Å². The van der Waals surface area contributed by atoms with Crippen molar-refractivity contribution in [1.82, 2.24) is 25.7 Å². The van der Waals surface area contributed by atoms with E-state index in [1.165, 1.54) is 0 Å². The Balaban J connectivity index is 1.82. The van der Waals surface area contributed by atoms with Gasteiger partial charge in [-0.05, 0) is 33.0 Å². The third-order valence-corrected chi connectivity index (χ3v) is 3.32. The first kappa shape index (κ1) is 14.0. The van der Waals surface area contributed by atoms with Crippen LogP contribution in [0.15, 0.2) is 4.52 Å². The van der Waals surface area contributed by atoms with Crippen molar-refractivity contribution in [3.8, 4) is 0 Å². The minimum absolute atomic E-state index is 0.0975. The second kappa shape index (κ2) is 6.63. The van der Waals surface area contributed by atoms with Gasteiger partial charge in [0.2, 0.25) is 5.89 Å². The normalized spacial score (nSPS) is 19.0. The summed E-state index contributed by atoms with van der Waals surface area (Å²) in [6.07, 6.45) is 2.07. The summed E-state index contributed by atoms with van der Waals surface area (Å²) < 4.78 is 5.12. The quantitative estimate of drug-likeness (QED) is 0.765. The molecule has 1 unspecified atom stereocenters. The molecule has 1 aromatic heterocycles. The lowest BCUT2D eigenvalue weighted by Crippen LogP contribution is -2.33. The lowest BCUT2D eigenvalue weighted by molar-refractivity contribution is 0.0936. The Morgan fingerprint density at radius 2 is 2.47 bits per heavy atom. The molecule has 1 aromatic rings. The molecule has 1 atom stereocenters. The molecule has 1 saturated heterocycles. The summed E-state index contributed by atoms with van der Waals surface area (Å²) in [5, 5.41) is 9.77. The Kier molecular flexibility index (Phi) is 4.86. The number of carbonyl (C=O) groups excluding carboxylic acids is 1. The van der Waals surface area contributed by atoms with Crippen LogP contribution in [0.1, 0.15) is 42.3 Å². The Labute approximate surface area is 112 Å². The molecule has 0 bridgehead atoms. The lowest BCUT2D eigenvalue weighted by atomic mass is 10.2. The summed E-state index contributed by atoms with van der Waals surface area (Å²) in [6.45, 7) is 5.36. The number of nitrogens with one attached hydrogen (secondary N) is 2. The van der Waals surface area contributed by atoms with Crippen molar-refractivity contribution < 1.29 is 9.32 Å². The Bertz CT molecular complexity index is 414. The molecule has 1 amide bonds. The molecule has 2 heterocycles. The van der Waals surface area contributed by atoms with Crippen LogP contribution in [0.4, 0.5) is 0 Å². The molecule has 2 rings (SSSR count).